The van der Waals surface area contributed by atoms with Crippen molar-refractivity contribution in [3.8, 4) is 0 Å². The summed E-state index contributed by atoms with van der Waals surface area (Å²) in [5.74, 6) is 2.95. The third-order valence-electron chi connectivity index (χ3n) is 12.3. The first-order valence-electron chi connectivity index (χ1n) is 15.2. The van der Waals surface area contributed by atoms with Crippen LogP contribution in [-0.4, -0.2) is 62.2 Å². The highest BCUT2D eigenvalue weighted by Crippen LogP contribution is 2.78. The van der Waals surface area contributed by atoms with E-state index in [4.69, 9.17) is 18.6 Å². The highest BCUT2D eigenvalue weighted by atomic mass is 16.6. The minimum absolute atomic E-state index is 0.131. The van der Waals surface area contributed by atoms with E-state index in [1.165, 1.54) is 82.9 Å². The van der Waals surface area contributed by atoms with E-state index < -0.39 is 0 Å². The summed E-state index contributed by atoms with van der Waals surface area (Å²) in [5, 5.41) is 0. The monoisotopic (exact) mass is 497 g/mol. The number of likely N-dealkylation sites (tertiary alicyclic amines) is 1. The average molecular weight is 498 g/mol. The Balaban J connectivity index is 0.947. The number of fused-ring (bicyclic) bond motifs is 3. The number of ether oxygens (including phenoxy) is 3. The van der Waals surface area contributed by atoms with Crippen molar-refractivity contribution in [2.75, 3.05) is 39.5 Å². The van der Waals surface area contributed by atoms with E-state index in [9.17, 15) is 0 Å². The van der Waals surface area contributed by atoms with Gasteiger partial charge in [0.1, 0.15) is 5.60 Å². The van der Waals surface area contributed by atoms with Crippen LogP contribution in [0.1, 0.15) is 89.5 Å². The van der Waals surface area contributed by atoms with Crippen molar-refractivity contribution in [1.29, 1.82) is 0 Å². The smallest absolute Gasteiger partial charge is 0.104 e. The van der Waals surface area contributed by atoms with Crippen molar-refractivity contribution in [3.63, 3.8) is 0 Å². The van der Waals surface area contributed by atoms with Crippen molar-refractivity contribution < 1.29 is 18.6 Å². The third-order valence-corrected chi connectivity index (χ3v) is 12.3. The number of rotatable bonds is 8. The molecule has 2 saturated heterocycles. The minimum atomic E-state index is 0.131. The molecule has 1 spiro atoms. The molecule has 1 aromatic rings. The zero-order valence-corrected chi connectivity index (χ0v) is 22.6. The maximum absolute atomic E-state index is 6.74. The summed E-state index contributed by atoms with van der Waals surface area (Å²) in [4.78, 5) is 2.52. The van der Waals surface area contributed by atoms with Crippen molar-refractivity contribution in [3.05, 3.63) is 24.2 Å². The minimum Gasteiger partial charge on any atom is -0.472 e. The topological polar surface area (TPSA) is 47.4 Å². The van der Waals surface area contributed by atoms with E-state index in [1.807, 2.05) is 12.5 Å². The Kier molecular flexibility index (Phi) is 6.11. The predicted octanol–water partition coefficient (Wildman–Crippen LogP) is 6.03. The second-order valence-corrected chi connectivity index (χ2v) is 13.6. The molecule has 2 aliphatic heterocycles. The van der Waals surface area contributed by atoms with Crippen LogP contribution in [0.25, 0.3) is 0 Å². The summed E-state index contributed by atoms with van der Waals surface area (Å²) in [6, 6.07) is 2.21. The van der Waals surface area contributed by atoms with Crippen LogP contribution in [0.3, 0.4) is 0 Å². The molecule has 200 valence electrons. The molecule has 6 fully saturated rings. The van der Waals surface area contributed by atoms with Crippen LogP contribution in [-0.2, 0) is 14.2 Å². The van der Waals surface area contributed by atoms with Gasteiger partial charge in [0.15, 0.2) is 0 Å². The average Bonchev–Trinajstić information content (AvgIpc) is 3.29. The van der Waals surface area contributed by atoms with Crippen LogP contribution in [0.15, 0.2) is 23.0 Å². The molecule has 5 nitrogen and oxygen atoms in total. The van der Waals surface area contributed by atoms with Gasteiger partial charge in [0.2, 0.25) is 0 Å². The van der Waals surface area contributed by atoms with Gasteiger partial charge < -0.3 is 23.5 Å². The third kappa shape index (κ3) is 3.62. The molecule has 4 aliphatic carbocycles. The van der Waals surface area contributed by atoms with Gasteiger partial charge in [-0.3, -0.25) is 0 Å². The molecule has 6 aliphatic rings. The molecule has 36 heavy (non-hydrogen) atoms. The van der Waals surface area contributed by atoms with Gasteiger partial charge in [-0.1, -0.05) is 13.8 Å². The summed E-state index contributed by atoms with van der Waals surface area (Å²) in [6.45, 7) is 11.1. The van der Waals surface area contributed by atoms with Crippen molar-refractivity contribution in [2.45, 2.75) is 102 Å². The summed E-state index contributed by atoms with van der Waals surface area (Å²) in [7, 11) is 0. The lowest BCUT2D eigenvalue weighted by Gasteiger charge is -2.61. The van der Waals surface area contributed by atoms with Gasteiger partial charge in [0.05, 0.1) is 44.6 Å². The first-order valence-corrected chi connectivity index (χ1v) is 15.2. The second kappa shape index (κ2) is 9.10. The standard InChI is InChI=1S/C31H47NO4/c1-29-10-7-24(35-18-17-33-16-14-32-12-3-4-13-32)19-23(29)5-6-26-25(29)8-11-30(2)27(22-9-15-34-21-22)20-28-31(26,30)36-28/h9,15,21,23-28H,3-8,10-14,16-20H2,1-2H3/t23?,24?,25-,26-,27?,28?,29+,30-,31+/m1/s1. The largest absolute Gasteiger partial charge is 0.472 e. The molecule has 4 saturated carbocycles. The number of hydrogen-bond donors (Lipinski definition) is 0. The maximum Gasteiger partial charge on any atom is 0.104 e. The molecule has 9 atom stereocenters. The molecule has 1 aromatic heterocycles. The van der Waals surface area contributed by atoms with Gasteiger partial charge in [-0.05, 0) is 118 Å². The van der Waals surface area contributed by atoms with E-state index in [1.54, 1.807) is 0 Å². The molecule has 0 radical (unpaired) electrons. The van der Waals surface area contributed by atoms with Crippen LogP contribution in [0.4, 0.5) is 0 Å². The molecule has 0 N–H and O–H groups in total. The molecular weight excluding hydrogens is 450 g/mol. The van der Waals surface area contributed by atoms with Gasteiger partial charge in [0, 0.05) is 12.0 Å². The Morgan fingerprint density at radius 2 is 1.86 bits per heavy atom. The fourth-order valence-electron chi connectivity index (χ4n) is 10.4. The number of hydrogen-bond acceptors (Lipinski definition) is 5. The Morgan fingerprint density at radius 1 is 0.972 bits per heavy atom. The van der Waals surface area contributed by atoms with E-state index in [0.717, 1.165) is 44.1 Å². The number of furan rings is 1. The molecule has 0 bridgehead atoms. The lowest BCUT2D eigenvalue weighted by atomic mass is 9.44. The second-order valence-electron chi connectivity index (χ2n) is 13.6. The SMILES string of the molecule is C[C@]12CCC(OCCOCCN3CCCC3)CC1CC[C@@H]1[C@H]2CC[C@]2(C)C(c3ccoc3)CC3O[C@]312. The Morgan fingerprint density at radius 3 is 2.69 bits per heavy atom. The Bertz CT molecular complexity index is 914. The summed E-state index contributed by atoms with van der Waals surface area (Å²) >= 11 is 0. The molecule has 0 aromatic carbocycles. The zero-order valence-electron chi connectivity index (χ0n) is 22.6. The van der Waals surface area contributed by atoms with Gasteiger partial charge in [-0.2, -0.15) is 0 Å². The Hall–Kier alpha value is -0.880. The zero-order chi connectivity index (χ0) is 24.4. The van der Waals surface area contributed by atoms with Crippen LogP contribution < -0.4 is 0 Å². The first-order chi connectivity index (χ1) is 17.5. The predicted molar refractivity (Wildman–Crippen MR) is 139 cm³/mol. The first kappa shape index (κ1) is 24.2. The van der Waals surface area contributed by atoms with Crippen LogP contribution in [0.2, 0.25) is 0 Å². The van der Waals surface area contributed by atoms with Crippen molar-refractivity contribution >= 4 is 0 Å². The Labute approximate surface area is 217 Å². The lowest BCUT2D eigenvalue weighted by Crippen LogP contribution is -2.58. The maximum atomic E-state index is 6.74. The van der Waals surface area contributed by atoms with E-state index in [0.29, 0.717) is 23.5 Å². The molecule has 4 unspecified atom stereocenters. The van der Waals surface area contributed by atoms with Gasteiger partial charge >= 0.3 is 0 Å². The lowest BCUT2D eigenvalue weighted by molar-refractivity contribution is -0.147. The number of epoxide rings is 1. The highest BCUT2D eigenvalue weighted by molar-refractivity contribution is 5.35. The van der Waals surface area contributed by atoms with Gasteiger partial charge in [0.25, 0.3) is 0 Å². The van der Waals surface area contributed by atoms with Crippen LogP contribution in [0, 0.1) is 28.6 Å². The molecule has 7 rings (SSSR count). The van der Waals surface area contributed by atoms with Gasteiger partial charge in [-0.15, -0.1) is 0 Å². The van der Waals surface area contributed by atoms with Gasteiger partial charge in [-0.25, -0.2) is 0 Å². The van der Waals surface area contributed by atoms with Crippen LogP contribution >= 0.6 is 0 Å². The fourth-order valence-corrected chi connectivity index (χ4v) is 10.4. The summed E-state index contributed by atoms with van der Waals surface area (Å²) in [6.07, 6.45) is 17.8. The molecule has 0 amide bonds. The van der Waals surface area contributed by atoms with E-state index >= 15 is 0 Å². The molecular formula is C31H47NO4. The fraction of sp³-hybridized carbons (Fsp3) is 0.871. The quantitative estimate of drug-likeness (QED) is 0.324. The summed E-state index contributed by atoms with van der Waals surface area (Å²) < 4.78 is 24.5. The normalized spacial score (nSPS) is 47.7. The van der Waals surface area contributed by atoms with E-state index in [-0.39, 0.29) is 11.0 Å². The van der Waals surface area contributed by atoms with Crippen molar-refractivity contribution in [2.24, 2.45) is 28.6 Å². The van der Waals surface area contributed by atoms with E-state index in [2.05, 4.69) is 24.8 Å². The summed E-state index contributed by atoms with van der Waals surface area (Å²) in [5.41, 5.74) is 2.26. The molecule has 5 heteroatoms. The van der Waals surface area contributed by atoms with Crippen LogP contribution in [0.5, 0.6) is 0 Å². The molecule has 3 heterocycles. The van der Waals surface area contributed by atoms with Crippen molar-refractivity contribution in [1.82, 2.24) is 4.90 Å². The number of nitrogens with zero attached hydrogens (tertiary/aromatic N) is 1. The highest BCUT2D eigenvalue weighted by Gasteiger charge is 2.80.